The standard InChI is InChI=1S/C11H14O3S/c1-7-4-10(13-3)5-9(11(7)15)6-14-8(2)12/h4-5,15H,6H2,1-3H3. The number of esters is 1. The number of thiol groups is 1. The molecule has 3 nitrogen and oxygen atoms in total. The van der Waals surface area contributed by atoms with Crippen LogP contribution in [-0.4, -0.2) is 13.1 Å². The molecule has 0 N–H and O–H groups in total. The highest BCUT2D eigenvalue weighted by molar-refractivity contribution is 7.80. The fourth-order valence-electron chi connectivity index (χ4n) is 1.22. The smallest absolute Gasteiger partial charge is 0.302 e. The van der Waals surface area contributed by atoms with E-state index in [9.17, 15) is 4.79 Å². The lowest BCUT2D eigenvalue weighted by Crippen LogP contribution is -2.01. The van der Waals surface area contributed by atoms with E-state index in [1.165, 1.54) is 6.92 Å². The molecule has 15 heavy (non-hydrogen) atoms. The molecule has 0 aliphatic carbocycles. The summed E-state index contributed by atoms with van der Waals surface area (Å²) in [5.74, 6) is 0.440. The largest absolute Gasteiger partial charge is 0.497 e. The topological polar surface area (TPSA) is 35.5 Å². The zero-order valence-electron chi connectivity index (χ0n) is 9.03. The van der Waals surface area contributed by atoms with Crippen molar-refractivity contribution in [2.45, 2.75) is 25.3 Å². The van der Waals surface area contributed by atoms with Crippen molar-refractivity contribution in [3.63, 3.8) is 0 Å². The van der Waals surface area contributed by atoms with Crippen molar-refractivity contribution in [1.82, 2.24) is 0 Å². The van der Waals surface area contributed by atoms with Gasteiger partial charge in [-0.15, -0.1) is 12.6 Å². The number of ether oxygens (including phenoxy) is 2. The van der Waals surface area contributed by atoms with E-state index in [1.54, 1.807) is 7.11 Å². The molecule has 1 rings (SSSR count). The van der Waals surface area contributed by atoms with E-state index in [0.29, 0.717) is 0 Å². The molecule has 0 atom stereocenters. The molecule has 0 aliphatic heterocycles. The average Bonchev–Trinajstić information content (AvgIpc) is 2.19. The fourth-order valence-corrected chi connectivity index (χ4v) is 1.42. The Kier molecular flexibility index (Phi) is 4.03. The molecule has 4 heteroatoms. The van der Waals surface area contributed by atoms with E-state index >= 15 is 0 Å². The van der Waals surface area contributed by atoms with E-state index in [-0.39, 0.29) is 12.6 Å². The lowest BCUT2D eigenvalue weighted by molar-refractivity contribution is -0.142. The van der Waals surface area contributed by atoms with Crippen molar-refractivity contribution in [3.05, 3.63) is 23.3 Å². The SMILES string of the molecule is COc1cc(C)c(S)c(COC(C)=O)c1. The molecule has 0 fully saturated rings. The molecular weight excluding hydrogens is 212 g/mol. The van der Waals surface area contributed by atoms with Gasteiger partial charge >= 0.3 is 5.97 Å². The van der Waals surface area contributed by atoms with Crippen LogP contribution in [0.1, 0.15) is 18.1 Å². The van der Waals surface area contributed by atoms with Crippen LogP contribution in [-0.2, 0) is 16.1 Å². The van der Waals surface area contributed by atoms with Crippen LogP contribution in [0.25, 0.3) is 0 Å². The number of aryl methyl sites for hydroxylation is 1. The second kappa shape index (κ2) is 5.07. The summed E-state index contributed by atoms with van der Waals surface area (Å²) in [6, 6.07) is 3.71. The van der Waals surface area contributed by atoms with Gasteiger partial charge in [0.1, 0.15) is 12.4 Å². The Bertz CT molecular complexity index is 374. The summed E-state index contributed by atoms with van der Waals surface area (Å²) in [7, 11) is 1.60. The van der Waals surface area contributed by atoms with Crippen LogP contribution >= 0.6 is 12.6 Å². The van der Waals surface area contributed by atoms with Crippen molar-refractivity contribution in [2.75, 3.05) is 7.11 Å². The number of methoxy groups -OCH3 is 1. The lowest BCUT2D eigenvalue weighted by Gasteiger charge is -2.10. The number of carbonyl (C=O) groups is 1. The molecular formula is C11H14O3S. The molecule has 0 radical (unpaired) electrons. The Hall–Kier alpha value is -1.16. The summed E-state index contributed by atoms with van der Waals surface area (Å²) in [5, 5.41) is 0. The van der Waals surface area contributed by atoms with E-state index in [0.717, 1.165) is 21.8 Å². The summed E-state index contributed by atoms with van der Waals surface area (Å²) in [6.07, 6.45) is 0. The molecule has 0 unspecified atom stereocenters. The third-order valence-electron chi connectivity index (χ3n) is 2.02. The second-order valence-corrected chi connectivity index (χ2v) is 3.68. The van der Waals surface area contributed by atoms with E-state index in [2.05, 4.69) is 12.6 Å². The van der Waals surface area contributed by atoms with Gasteiger partial charge in [0.05, 0.1) is 7.11 Å². The molecule has 0 spiro atoms. The highest BCUT2D eigenvalue weighted by Crippen LogP contribution is 2.25. The first-order valence-corrected chi connectivity index (χ1v) is 4.99. The Morgan fingerprint density at radius 2 is 2.13 bits per heavy atom. The summed E-state index contributed by atoms with van der Waals surface area (Å²) >= 11 is 4.35. The molecule has 0 aromatic heterocycles. The van der Waals surface area contributed by atoms with Gasteiger partial charge in [-0.2, -0.15) is 0 Å². The molecule has 0 amide bonds. The van der Waals surface area contributed by atoms with Crippen molar-refractivity contribution < 1.29 is 14.3 Å². The number of benzene rings is 1. The van der Waals surface area contributed by atoms with Crippen LogP contribution in [0.5, 0.6) is 5.75 Å². The van der Waals surface area contributed by atoms with Gasteiger partial charge in [0.15, 0.2) is 0 Å². The maximum absolute atomic E-state index is 10.7. The minimum Gasteiger partial charge on any atom is -0.497 e. The Balaban J connectivity index is 2.94. The van der Waals surface area contributed by atoms with E-state index < -0.39 is 0 Å². The zero-order chi connectivity index (χ0) is 11.4. The first-order valence-electron chi connectivity index (χ1n) is 4.54. The van der Waals surface area contributed by atoms with Crippen LogP contribution in [0.2, 0.25) is 0 Å². The third-order valence-corrected chi connectivity index (χ3v) is 2.66. The van der Waals surface area contributed by atoms with E-state index in [1.807, 2.05) is 19.1 Å². The zero-order valence-corrected chi connectivity index (χ0v) is 9.93. The van der Waals surface area contributed by atoms with Crippen LogP contribution < -0.4 is 4.74 Å². The number of rotatable bonds is 3. The number of hydrogen-bond acceptors (Lipinski definition) is 4. The van der Waals surface area contributed by atoms with Gasteiger partial charge in [0, 0.05) is 17.4 Å². The van der Waals surface area contributed by atoms with Crippen LogP contribution in [0.3, 0.4) is 0 Å². The minimum absolute atomic E-state index is 0.228. The third kappa shape index (κ3) is 3.16. The monoisotopic (exact) mass is 226 g/mol. The van der Waals surface area contributed by atoms with Gasteiger partial charge < -0.3 is 9.47 Å². The first kappa shape index (κ1) is 11.9. The Labute approximate surface area is 94.8 Å². The molecule has 1 aromatic rings. The minimum atomic E-state index is -0.303. The summed E-state index contributed by atoms with van der Waals surface area (Å²) in [5.41, 5.74) is 1.85. The van der Waals surface area contributed by atoms with E-state index in [4.69, 9.17) is 9.47 Å². The average molecular weight is 226 g/mol. The highest BCUT2D eigenvalue weighted by Gasteiger charge is 2.06. The lowest BCUT2D eigenvalue weighted by atomic mass is 10.1. The van der Waals surface area contributed by atoms with Crippen molar-refractivity contribution in [3.8, 4) is 5.75 Å². The maximum atomic E-state index is 10.7. The molecule has 0 bridgehead atoms. The predicted molar refractivity (Wildman–Crippen MR) is 60.5 cm³/mol. The van der Waals surface area contributed by atoms with Crippen LogP contribution in [0.15, 0.2) is 17.0 Å². The highest BCUT2D eigenvalue weighted by atomic mass is 32.1. The van der Waals surface area contributed by atoms with Gasteiger partial charge in [-0.1, -0.05) is 0 Å². The first-order chi connectivity index (χ1) is 7.04. The Morgan fingerprint density at radius 1 is 1.47 bits per heavy atom. The Morgan fingerprint density at radius 3 is 2.67 bits per heavy atom. The molecule has 0 aliphatic rings. The van der Waals surface area contributed by atoms with Gasteiger partial charge in [-0.05, 0) is 24.6 Å². The summed E-state index contributed by atoms with van der Waals surface area (Å²) in [4.78, 5) is 11.5. The number of hydrogen-bond donors (Lipinski definition) is 1. The van der Waals surface area contributed by atoms with Crippen LogP contribution in [0, 0.1) is 6.92 Å². The van der Waals surface area contributed by atoms with Crippen molar-refractivity contribution in [1.29, 1.82) is 0 Å². The van der Waals surface area contributed by atoms with Gasteiger partial charge in [-0.3, -0.25) is 4.79 Å². The van der Waals surface area contributed by atoms with Gasteiger partial charge in [0.25, 0.3) is 0 Å². The fraction of sp³-hybridized carbons (Fsp3) is 0.364. The number of carbonyl (C=O) groups excluding carboxylic acids is 1. The molecule has 0 heterocycles. The van der Waals surface area contributed by atoms with Gasteiger partial charge in [0.2, 0.25) is 0 Å². The quantitative estimate of drug-likeness (QED) is 0.635. The maximum Gasteiger partial charge on any atom is 0.302 e. The summed E-state index contributed by atoms with van der Waals surface area (Å²) in [6.45, 7) is 3.54. The van der Waals surface area contributed by atoms with Crippen molar-refractivity contribution in [2.24, 2.45) is 0 Å². The molecule has 0 saturated heterocycles. The van der Waals surface area contributed by atoms with Gasteiger partial charge in [-0.25, -0.2) is 0 Å². The molecule has 0 saturated carbocycles. The van der Waals surface area contributed by atoms with Crippen LogP contribution in [0.4, 0.5) is 0 Å². The molecule has 1 aromatic carbocycles. The normalized spacial score (nSPS) is 9.87. The second-order valence-electron chi connectivity index (χ2n) is 3.23. The summed E-state index contributed by atoms with van der Waals surface area (Å²) < 4.78 is 10.0. The predicted octanol–water partition coefficient (Wildman–Crippen LogP) is 2.36. The van der Waals surface area contributed by atoms with Crippen molar-refractivity contribution >= 4 is 18.6 Å². The molecule has 82 valence electrons.